The van der Waals surface area contributed by atoms with Crippen LogP contribution in [0.5, 0.6) is 0 Å². The molecule has 0 saturated carbocycles. The van der Waals surface area contributed by atoms with E-state index in [2.05, 4.69) is 15.9 Å². The maximum absolute atomic E-state index is 12.2. The van der Waals surface area contributed by atoms with Crippen LogP contribution in [-0.4, -0.2) is 36.1 Å². The molecule has 1 aromatic rings. The summed E-state index contributed by atoms with van der Waals surface area (Å²) in [6.45, 7) is 5.36. The predicted octanol–water partition coefficient (Wildman–Crippen LogP) is 2.76. The molecular formula is C11H14BrNO2S. The molecule has 0 aliphatic carbocycles. The fourth-order valence-electron chi connectivity index (χ4n) is 1.93. The lowest BCUT2D eigenvalue weighted by Gasteiger charge is -2.35. The van der Waals surface area contributed by atoms with E-state index >= 15 is 0 Å². The van der Waals surface area contributed by atoms with Crippen LogP contribution in [0.4, 0.5) is 0 Å². The van der Waals surface area contributed by atoms with Gasteiger partial charge in [0.05, 0.1) is 20.9 Å². The molecule has 1 aliphatic heterocycles. The first-order valence-electron chi connectivity index (χ1n) is 5.26. The first kappa shape index (κ1) is 12.1. The van der Waals surface area contributed by atoms with Crippen LogP contribution in [0, 0.1) is 0 Å². The molecular weight excluding hydrogens is 290 g/mol. The molecule has 2 rings (SSSR count). The molecule has 1 saturated heterocycles. The van der Waals surface area contributed by atoms with Gasteiger partial charge >= 0.3 is 0 Å². The number of hydrogen-bond acceptors (Lipinski definition) is 3. The molecule has 0 N–H and O–H groups in total. The zero-order chi connectivity index (χ0) is 11.7. The minimum absolute atomic E-state index is 0.109. The van der Waals surface area contributed by atoms with Crippen molar-refractivity contribution < 1.29 is 9.53 Å². The van der Waals surface area contributed by atoms with Crippen molar-refractivity contribution in [2.75, 3.05) is 13.1 Å². The Hall–Kier alpha value is -0.390. The third-order valence-corrected chi connectivity index (χ3v) is 4.10. The molecule has 0 unspecified atom stereocenters. The van der Waals surface area contributed by atoms with Crippen molar-refractivity contribution >= 4 is 33.2 Å². The van der Waals surface area contributed by atoms with E-state index in [0.717, 1.165) is 8.66 Å². The van der Waals surface area contributed by atoms with Crippen LogP contribution >= 0.6 is 27.3 Å². The number of carbonyl (C=O) groups excluding carboxylic acids is 1. The zero-order valence-electron chi connectivity index (χ0n) is 9.27. The predicted molar refractivity (Wildman–Crippen MR) is 67.9 cm³/mol. The summed E-state index contributed by atoms with van der Waals surface area (Å²) in [4.78, 5) is 14.8. The largest absolute Gasteiger partial charge is 0.372 e. The molecule has 16 heavy (non-hydrogen) atoms. The summed E-state index contributed by atoms with van der Waals surface area (Å²) in [7, 11) is 0. The van der Waals surface area contributed by atoms with Crippen LogP contribution in [0.25, 0.3) is 0 Å². The minimum atomic E-state index is 0.109. The van der Waals surface area contributed by atoms with Crippen LogP contribution in [0.1, 0.15) is 23.5 Å². The maximum Gasteiger partial charge on any atom is 0.264 e. The van der Waals surface area contributed by atoms with E-state index in [0.29, 0.717) is 13.1 Å². The number of carbonyl (C=O) groups is 1. The van der Waals surface area contributed by atoms with Gasteiger partial charge in [-0.05, 0) is 41.9 Å². The third-order valence-electron chi connectivity index (χ3n) is 2.49. The molecule has 5 heteroatoms. The summed E-state index contributed by atoms with van der Waals surface area (Å²) >= 11 is 4.85. The fourth-order valence-corrected chi connectivity index (χ4v) is 3.28. The second-order valence-corrected chi connectivity index (χ2v) is 6.53. The second-order valence-electron chi connectivity index (χ2n) is 4.07. The summed E-state index contributed by atoms with van der Waals surface area (Å²) in [5, 5.41) is 0. The smallest absolute Gasteiger partial charge is 0.264 e. The van der Waals surface area contributed by atoms with Gasteiger partial charge in [-0.1, -0.05) is 0 Å². The quantitative estimate of drug-likeness (QED) is 0.798. The van der Waals surface area contributed by atoms with E-state index in [1.54, 1.807) is 0 Å². The average Bonchev–Trinajstić information content (AvgIpc) is 2.62. The summed E-state index contributed by atoms with van der Waals surface area (Å²) in [6.07, 6.45) is 0.243. The molecule has 88 valence electrons. The van der Waals surface area contributed by atoms with E-state index in [-0.39, 0.29) is 18.1 Å². The normalized spacial score (nSPS) is 25.8. The van der Waals surface area contributed by atoms with Crippen molar-refractivity contribution in [3.05, 3.63) is 20.8 Å². The van der Waals surface area contributed by atoms with Gasteiger partial charge in [-0.15, -0.1) is 11.3 Å². The molecule has 1 aliphatic rings. The van der Waals surface area contributed by atoms with Crippen molar-refractivity contribution in [1.82, 2.24) is 4.90 Å². The highest BCUT2D eigenvalue weighted by Crippen LogP contribution is 2.24. The zero-order valence-corrected chi connectivity index (χ0v) is 11.7. The Morgan fingerprint density at radius 1 is 1.44 bits per heavy atom. The van der Waals surface area contributed by atoms with Crippen LogP contribution in [0.15, 0.2) is 15.9 Å². The number of rotatable bonds is 1. The number of thiophene rings is 1. The Kier molecular flexibility index (Phi) is 3.66. The SMILES string of the molecule is C[C@@H]1CN(C(=O)c2ccc(Br)s2)C[C@@H](C)O1. The van der Waals surface area contributed by atoms with Gasteiger partial charge in [0.1, 0.15) is 0 Å². The lowest BCUT2D eigenvalue weighted by molar-refractivity contribution is -0.0585. The van der Waals surface area contributed by atoms with Gasteiger partial charge in [0.2, 0.25) is 0 Å². The molecule has 1 aromatic heterocycles. The maximum atomic E-state index is 12.2. The Labute approximate surface area is 108 Å². The molecule has 0 spiro atoms. The van der Waals surface area contributed by atoms with Gasteiger partial charge < -0.3 is 9.64 Å². The van der Waals surface area contributed by atoms with Gasteiger partial charge in [0.25, 0.3) is 5.91 Å². The average molecular weight is 304 g/mol. The highest BCUT2D eigenvalue weighted by Gasteiger charge is 2.27. The molecule has 0 aromatic carbocycles. The van der Waals surface area contributed by atoms with E-state index in [1.807, 2.05) is 30.9 Å². The molecule has 0 bridgehead atoms. The van der Waals surface area contributed by atoms with Gasteiger partial charge in [-0.3, -0.25) is 4.79 Å². The standard InChI is InChI=1S/C11H14BrNO2S/c1-7-5-13(6-8(2)15-7)11(14)9-3-4-10(12)16-9/h3-4,7-8H,5-6H2,1-2H3/t7-,8-/m1/s1. The van der Waals surface area contributed by atoms with Crippen LogP contribution in [0.2, 0.25) is 0 Å². The van der Waals surface area contributed by atoms with Crippen molar-refractivity contribution in [1.29, 1.82) is 0 Å². The lowest BCUT2D eigenvalue weighted by atomic mass is 10.2. The Bertz CT molecular complexity index is 383. The van der Waals surface area contributed by atoms with Gasteiger partial charge in [-0.2, -0.15) is 0 Å². The van der Waals surface area contributed by atoms with Crippen LogP contribution in [0.3, 0.4) is 0 Å². The van der Waals surface area contributed by atoms with Crippen LogP contribution in [-0.2, 0) is 4.74 Å². The number of ether oxygens (including phenoxy) is 1. The monoisotopic (exact) mass is 303 g/mol. The van der Waals surface area contributed by atoms with Gasteiger partial charge in [0, 0.05) is 13.1 Å². The first-order chi connectivity index (χ1) is 7.56. The molecule has 2 atom stereocenters. The summed E-state index contributed by atoms with van der Waals surface area (Å²) in [5.74, 6) is 0.109. The summed E-state index contributed by atoms with van der Waals surface area (Å²) in [5.41, 5.74) is 0. The van der Waals surface area contributed by atoms with Crippen molar-refractivity contribution in [2.24, 2.45) is 0 Å². The molecule has 1 fully saturated rings. The lowest BCUT2D eigenvalue weighted by Crippen LogP contribution is -2.48. The summed E-state index contributed by atoms with van der Waals surface area (Å²) in [6, 6.07) is 3.77. The number of nitrogens with zero attached hydrogens (tertiary/aromatic N) is 1. The fraction of sp³-hybridized carbons (Fsp3) is 0.545. The molecule has 3 nitrogen and oxygen atoms in total. The van der Waals surface area contributed by atoms with Crippen molar-refractivity contribution in [3.63, 3.8) is 0 Å². The second kappa shape index (κ2) is 4.85. The van der Waals surface area contributed by atoms with Gasteiger partial charge in [-0.25, -0.2) is 0 Å². The van der Waals surface area contributed by atoms with E-state index in [4.69, 9.17) is 4.74 Å². The molecule has 2 heterocycles. The molecule has 0 radical (unpaired) electrons. The number of halogens is 1. The van der Waals surface area contributed by atoms with E-state index in [9.17, 15) is 4.79 Å². The first-order valence-corrected chi connectivity index (χ1v) is 6.87. The number of amides is 1. The van der Waals surface area contributed by atoms with Crippen molar-refractivity contribution in [2.45, 2.75) is 26.1 Å². The number of hydrogen-bond donors (Lipinski definition) is 0. The highest BCUT2D eigenvalue weighted by atomic mass is 79.9. The number of morpholine rings is 1. The van der Waals surface area contributed by atoms with E-state index in [1.165, 1.54) is 11.3 Å². The topological polar surface area (TPSA) is 29.5 Å². The minimum Gasteiger partial charge on any atom is -0.372 e. The molecule has 1 amide bonds. The van der Waals surface area contributed by atoms with Crippen LogP contribution < -0.4 is 0 Å². The van der Waals surface area contributed by atoms with Gasteiger partial charge in [0.15, 0.2) is 0 Å². The highest BCUT2D eigenvalue weighted by molar-refractivity contribution is 9.11. The van der Waals surface area contributed by atoms with E-state index < -0.39 is 0 Å². The third kappa shape index (κ3) is 2.64. The Morgan fingerprint density at radius 3 is 2.56 bits per heavy atom. The Morgan fingerprint density at radius 2 is 2.06 bits per heavy atom. The Balaban J connectivity index is 2.09. The van der Waals surface area contributed by atoms with Crippen molar-refractivity contribution in [3.8, 4) is 0 Å². The summed E-state index contributed by atoms with van der Waals surface area (Å²) < 4.78 is 6.60.